The van der Waals surface area contributed by atoms with E-state index in [0.717, 1.165) is 90.5 Å². The molecule has 69 heavy (non-hydrogen) atoms. The summed E-state index contributed by atoms with van der Waals surface area (Å²) in [4.78, 5) is 4.35. The van der Waals surface area contributed by atoms with Crippen molar-refractivity contribution in [3.63, 3.8) is 0 Å². The molecule has 3 aliphatic rings. The molecule has 0 aromatic heterocycles. The first-order valence-electron chi connectivity index (χ1n) is 23.4. The summed E-state index contributed by atoms with van der Waals surface area (Å²) >= 11 is 0. The van der Waals surface area contributed by atoms with E-state index >= 15 is 0 Å². The highest BCUT2D eigenvalue weighted by atomic mass is 16.5. The van der Waals surface area contributed by atoms with Crippen molar-refractivity contribution in [2.24, 2.45) is 0 Å². The maximum Gasteiger partial charge on any atom is 0.152 e. The molecule has 2 aliphatic heterocycles. The van der Waals surface area contributed by atoms with Crippen molar-refractivity contribution in [3.8, 4) is 79.6 Å². The van der Waals surface area contributed by atoms with E-state index in [1.165, 1.54) is 0 Å². The number of nitrogens with zero attached hydrogens (tertiary/aromatic N) is 4. The number of hydrogen-bond acceptors (Lipinski definition) is 6. The summed E-state index contributed by atoms with van der Waals surface area (Å²) in [7, 11) is 0. The first-order chi connectivity index (χ1) is 33.6. The number of ether oxygens (including phenoxy) is 2. The SMILES string of the molecule is CC1(C)CC(C)(C)c2c(N3c4ccc(-c5ccccc5)cc4Oc4cc(-c5ccccc5)ccc43)c(C#N)c(N3c4ccc(-c5ccccc5)cc4Oc4cc(-c5ccccc5)ccc43)c(C#N)c21. The lowest BCUT2D eigenvalue weighted by Crippen LogP contribution is -2.26. The average Bonchev–Trinajstić information content (AvgIpc) is 3.59. The fraction of sp³-hybridized carbons (Fsp3) is 0.111. The van der Waals surface area contributed by atoms with Crippen LogP contribution in [0, 0.1) is 22.7 Å². The third-order valence-corrected chi connectivity index (χ3v) is 14.0. The highest BCUT2D eigenvalue weighted by molar-refractivity contribution is 6.01. The van der Waals surface area contributed by atoms with Crippen molar-refractivity contribution in [2.45, 2.75) is 44.9 Å². The second-order valence-corrected chi connectivity index (χ2v) is 19.4. The number of fused-ring (bicyclic) bond motifs is 5. The minimum Gasteiger partial charge on any atom is -0.453 e. The standard InChI is InChI=1S/C63H46N4O2/c1-62(2)39-63(3,4)59-58(62)48(37-64)60(66-50-29-25-44(40-17-9-5-10-18-40)33-54(50)68-55-34-45(26-30-51(55)66)41-19-11-6-12-20-41)49(38-65)61(59)67-52-31-27-46(42-21-13-7-14-22-42)35-56(52)69-57-36-47(28-32-53(57)67)43-23-15-8-16-24-43/h5-36H,39H2,1-4H3. The lowest BCUT2D eigenvalue weighted by atomic mass is 9.81. The fourth-order valence-electron chi connectivity index (χ4n) is 11.3. The minimum absolute atomic E-state index is 0.382. The van der Waals surface area contributed by atoms with Gasteiger partial charge in [0.25, 0.3) is 0 Å². The molecule has 0 radical (unpaired) electrons. The van der Waals surface area contributed by atoms with Gasteiger partial charge in [-0.05, 0) is 121 Å². The van der Waals surface area contributed by atoms with Gasteiger partial charge < -0.3 is 19.3 Å². The molecule has 6 nitrogen and oxygen atoms in total. The summed E-state index contributed by atoms with van der Waals surface area (Å²) in [5.74, 6) is 2.56. The molecule has 1 aliphatic carbocycles. The topological polar surface area (TPSA) is 72.5 Å². The molecular formula is C63H46N4O2. The molecule has 0 spiro atoms. The molecule has 0 saturated heterocycles. The van der Waals surface area contributed by atoms with E-state index in [2.05, 4.69) is 171 Å². The number of hydrogen-bond donors (Lipinski definition) is 0. The molecular weight excluding hydrogens is 845 g/mol. The number of benzene rings is 9. The van der Waals surface area contributed by atoms with Crippen molar-refractivity contribution in [1.29, 1.82) is 10.5 Å². The summed E-state index contributed by atoms with van der Waals surface area (Å²) in [6.45, 7) is 8.97. The summed E-state index contributed by atoms with van der Waals surface area (Å²) in [5, 5.41) is 23.9. The Hall–Kier alpha value is -8.84. The van der Waals surface area contributed by atoms with Crippen molar-refractivity contribution < 1.29 is 9.47 Å². The molecule has 9 aromatic rings. The predicted molar refractivity (Wildman–Crippen MR) is 278 cm³/mol. The summed E-state index contributed by atoms with van der Waals surface area (Å²) < 4.78 is 14.0. The van der Waals surface area contributed by atoms with E-state index in [9.17, 15) is 10.5 Å². The van der Waals surface area contributed by atoms with E-state index in [0.29, 0.717) is 39.8 Å². The lowest BCUT2D eigenvalue weighted by Gasteiger charge is -2.40. The van der Waals surface area contributed by atoms with Gasteiger partial charge in [-0.1, -0.05) is 173 Å². The molecule has 0 amide bonds. The Balaban J connectivity index is 1.17. The Labute approximate surface area is 403 Å². The zero-order valence-corrected chi connectivity index (χ0v) is 38.8. The molecule has 0 atom stereocenters. The first kappa shape index (κ1) is 41.6. The van der Waals surface area contributed by atoms with Crippen LogP contribution in [0.15, 0.2) is 194 Å². The maximum absolute atomic E-state index is 12.1. The van der Waals surface area contributed by atoms with E-state index < -0.39 is 10.8 Å². The van der Waals surface area contributed by atoms with Crippen molar-refractivity contribution >= 4 is 34.1 Å². The quantitative estimate of drug-likeness (QED) is 0.166. The van der Waals surface area contributed by atoms with Crippen LogP contribution in [0.2, 0.25) is 0 Å². The Morgan fingerprint density at radius 1 is 0.362 bits per heavy atom. The summed E-state index contributed by atoms with van der Waals surface area (Å²) in [6.07, 6.45) is 0.756. The van der Waals surface area contributed by atoms with E-state index in [-0.39, 0.29) is 0 Å². The summed E-state index contributed by atoms with van der Waals surface area (Å²) in [6, 6.07) is 71.8. The number of rotatable bonds is 6. The highest BCUT2D eigenvalue weighted by Gasteiger charge is 2.50. The fourth-order valence-corrected chi connectivity index (χ4v) is 11.3. The average molecular weight is 891 g/mol. The lowest BCUT2D eigenvalue weighted by molar-refractivity contribution is 0.403. The third kappa shape index (κ3) is 6.75. The molecule has 0 bridgehead atoms. The van der Waals surface area contributed by atoms with Crippen LogP contribution in [-0.2, 0) is 10.8 Å². The van der Waals surface area contributed by atoms with Crippen LogP contribution in [0.4, 0.5) is 34.1 Å². The van der Waals surface area contributed by atoms with Gasteiger partial charge in [0.05, 0.1) is 39.7 Å². The predicted octanol–water partition coefficient (Wildman–Crippen LogP) is 17.2. The third-order valence-electron chi connectivity index (χ3n) is 14.0. The van der Waals surface area contributed by atoms with Crippen LogP contribution in [0.3, 0.4) is 0 Å². The molecule has 12 rings (SSSR count). The van der Waals surface area contributed by atoms with Gasteiger partial charge in [0.15, 0.2) is 23.0 Å². The van der Waals surface area contributed by atoms with Gasteiger partial charge in [0.2, 0.25) is 0 Å². The van der Waals surface area contributed by atoms with Gasteiger partial charge in [-0.3, -0.25) is 0 Å². The van der Waals surface area contributed by atoms with Gasteiger partial charge in [-0.25, -0.2) is 0 Å². The smallest absolute Gasteiger partial charge is 0.152 e. The van der Waals surface area contributed by atoms with E-state index in [1.807, 2.05) is 72.8 Å². The Kier molecular flexibility index (Phi) is 9.59. The van der Waals surface area contributed by atoms with Gasteiger partial charge in [-0.2, -0.15) is 10.5 Å². The van der Waals surface area contributed by atoms with Crippen molar-refractivity contribution in [2.75, 3.05) is 9.80 Å². The molecule has 0 unspecified atom stereocenters. The number of nitriles is 2. The van der Waals surface area contributed by atoms with E-state index in [4.69, 9.17) is 9.47 Å². The van der Waals surface area contributed by atoms with Crippen LogP contribution in [0.5, 0.6) is 23.0 Å². The molecule has 0 saturated carbocycles. The normalized spacial score (nSPS) is 14.4. The van der Waals surface area contributed by atoms with Gasteiger partial charge in [-0.15, -0.1) is 0 Å². The van der Waals surface area contributed by atoms with Crippen LogP contribution < -0.4 is 19.3 Å². The van der Waals surface area contributed by atoms with Crippen LogP contribution in [0.25, 0.3) is 44.5 Å². The van der Waals surface area contributed by atoms with E-state index in [1.54, 1.807) is 0 Å². The summed E-state index contributed by atoms with van der Waals surface area (Å²) in [5.41, 5.74) is 14.4. The number of anilines is 6. The molecule has 0 N–H and O–H groups in total. The second kappa shape index (κ2) is 15.9. The zero-order chi connectivity index (χ0) is 47.0. The Morgan fingerprint density at radius 3 is 0.986 bits per heavy atom. The highest BCUT2D eigenvalue weighted by Crippen LogP contribution is 2.64. The molecule has 9 aromatic carbocycles. The van der Waals surface area contributed by atoms with Crippen LogP contribution in [-0.4, -0.2) is 0 Å². The molecule has 330 valence electrons. The molecule has 2 heterocycles. The van der Waals surface area contributed by atoms with Crippen LogP contribution in [0.1, 0.15) is 56.4 Å². The second-order valence-electron chi connectivity index (χ2n) is 19.4. The monoisotopic (exact) mass is 890 g/mol. The molecule has 0 fully saturated rings. The van der Waals surface area contributed by atoms with Crippen molar-refractivity contribution in [3.05, 3.63) is 216 Å². The van der Waals surface area contributed by atoms with Crippen LogP contribution >= 0.6 is 0 Å². The maximum atomic E-state index is 12.1. The Morgan fingerprint density at radius 2 is 0.667 bits per heavy atom. The molecule has 6 heteroatoms. The van der Waals surface area contributed by atoms with Gasteiger partial charge in [0.1, 0.15) is 17.7 Å². The van der Waals surface area contributed by atoms with Crippen molar-refractivity contribution in [1.82, 2.24) is 0 Å². The Bertz CT molecular complexity index is 3430. The van der Waals surface area contributed by atoms with Gasteiger partial charge >= 0.3 is 0 Å². The largest absolute Gasteiger partial charge is 0.453 e. The van der Waals surface area contributed by atoms with Gasteiger partial charge in [0, 0.05) is 0 Å². The zero-order valence-electron chi connectivity index (χ0n) is 38.8. The minimum atomic E-state index is -0.458. The first-order valence-corrected chi connectivity index (χ1v) is 23.4.